The Kier molecular flexibility index (Phi) is 6.33. The molecule has 0 aliphatic carbocycles. The van der Waals surface area contributed by atoms with Gasteiger partial charge in [-0.15, -0.1) is 0 Å². The van der Waals surface area contributed by atoms with Crippen molar-refractivity contribution in [1.29, 1.82) is 1.34 Å². The number of ether oxygens (including phenoxy) is 1. The first kappa shape index (κ1) is 16.7. The average Bonchev–Trinajstić information content (AvgIpc) is 2.55. The molecule has 0 saturated heterocycles. The van der Waals surface area contributed by atoms with Crippen LogP contribution in [0, 0.1) is 0 Å². The lowest BCUT2D eigenvalue weighted by molar-refractivity contribution is -0.120. The minimum Gasteiger partial charge on any atom is -0.478 e. The van der Waals surface area contributed by atoms with Gasteiger partial charge in [0.2, 0.25) is 0 Å². The SMILES string of the molecule is O=COc1cc(C(=O)O)cc(-c2ccc(C(=O)O)cc2)c1.[3H][B]P. The molecule has 0 amide bonds. The lowest BCUT2D eigenvalue weighted by Crippen LogP contribution is -1.99. The van der Waals surface area contributed by atoms with Crippen LogP contribution in [0.1, 0.15) is 20.7 Å². The summed E-state index contributed by atoms with van der Waals surface area (Å²) >= 11 is 0. The first-order valence-corrected chi connectivity index (χ1v) is 6.83. The number of benzene rings is 2. The molecule has 0 bridgehead atoms. The highest BCUT2D eigenvalue weighted by atomic mass is 31.0. The molecule has 2 rings (SSSR count). The summed E-state index contributed by atoms with van der Waals surface area (Å²) in [5.41, 5.74) is 1.20. The van der Waals surface area contributed by atoms with E-state index >= 15 is 0 Å². The van der Waals surface area contributed by atoms with Gasteiger partial charge in [-0.05, 0) is 42.8 Å². The third-order valence-electron chi connectivity index (χ3n) is 2.80. The molecular weight excluding hydrogens is 318 g/mol. The topological polar surface area (TPSA) is 101 Å². The standard InChI is InChI=1S/C15H10O6.BH3P/c16-8-21-13-6-11(5-12(7-13)15(19)20)9-1-3-10(4-2-9)14(17)18;1-2/h1-8H,(H,17,18)(H,19,20);1H,2H2/i;1T. The molecule has 0 heterocycles. The third kappa shape index (κ3) is 4.93. The van der Waals surface area contributed by atoms with E-state index in [0.29, 0.717) is 11.1 Å². The second-order valence-electron chi connectivity index (χ2n) is 4.15. The Hall–Kier alpha value is -2.66. The van der Waals surface area contributed by atoms with Crippen molar-refractivity contribution in [1.82, 2.24) is 0 Å². The molecular formula is C15H13BO6P. The number of carboxylic acids is 2. The Balaban J connectivity index is 0.000000891. The fourth-order valence-electron chi connectivity index (χ4n) is 1.82. The predicted octanol–water partition coefficient (Wildman–Crippen LogP) is 1.96. The number of rotatable bonds is 5. The van der Waals surface area contributed by atoms with Crippen molar-refractivity contribution >= 4 is 35.1 Å². The molecule has 23 heavy (non-hydrogen) atoms. The number of carbonyl (C=O) groups excluding carboxylic acids is 1. The number of carboxylic acid groups (broad SMARTS) is 2. The highest BCUT2D eigenvalue weighted by Gasteiger charge is 2.10. The quantitative estimate of drug-likeness (QED) is 0.493. The fourth-order valence-corrected chi connectivity index (χ4v) is 1.82. The van der Waals surface area contributed by atoms with Gasteiger partial charge in [0.1, 0.15) is 13.3 Å². The van der Waals surface area contributed by atoms with Gasteiger partial charge < -0.3 is 14.9 Å². The normalized spacial score (nSPS) is 9.70. The highest BCUT2D eigenvalue weighted by Crippen LogP contribution is 2.26. The molecule has 6 nitrogen and oxygen atoms in total. The van der Waals surface area contributed by atoms with Crippen LogP contribution in [0.4, 0.5) is 0 Å². The van der Waals surface area contributed by atoms with Crippen LogP contribution in [0.5, 0.6) is 5.75 Å². The van der Waals surface area contributed by atoms with Gasteiger partial charge >= 0.3 is 11.9 Å². The maximum Gasteiger partial charge on any atom is 0.335 e. The van der Waals surface area contributed by atoms with E-state index in [1.807, 2.05) is 0 Å². The number of carbonyl (C=O) groups is 3. The Bertz CT molecular complexity index is 735. The highest BCUT2D eigenvalue weighted by molar-refractivity contribution is 7.49. The maximum absolute atomic E-state index is 11.1. The van der Waals surface area contributed by atoms with Gasteiger partial charge in [0.25, 0.3) is 6.47 Å². The molecule has 1 atom stereocenters. The summed E-state index contributed by atoms with van der Waals surface area (Å²) in [4.78, 5) is 32.2. The van der Waals surface area contributed by atoms with Crippen molar-refractivity contribution in [2.45, 2.75) is 0 Å². The van der Waals surface area contributed by atoms with E-state index in [-0.39, 0.29) is 23.3 Å². The summed E-state index contributed by atoms with van der Waals surface area (Å²) in [5, 5.41) is 17.9. The van der Waals surface area contributed by atoms with Crippen LogP contribution in [0.3, 0.4) is 0 Å². The molecule has 0 aliphatic heterocycles. The van der Waals surface area contributed by atoms with Gasteiger partial charge in [-0.2, -0.15) is 9.12 Å². The Morgan fingerprint density at radius 2 is 1.61 bits per heavy atom. The number of hydrogen-bond acceptors (Lipinski definition) is 4. The average molecular weight is 333 g/mol. The van der Waals surface area contributed by atoms with Crippen molar-refractivity contribution in [3.8, 4) is 16.9 Å². The van der Waals surface area contributed by atoms with Crippen molar-refractivity contribution < 1.29 is 29.3 Å². The van der Waals surface area contributed by atoms with Crippen LogP contribution in [-0.2, 0) is 4.79 Å². The number of hydrogen-bond donors (Lipinski definition) is 2. The molecule has 0 spiro atoms. The van der Waals surface area contributed by atoms with Crippen LogP contribution in [0.15, 0.2) is 42.5 Å². The van der Waals surface area contributed by atoms with E-state index in [1.54, 1.807) is 12.1 Å². The van der Waals surface area contributed by atoms with Crippen LogP contribution in [0.25, 0.3) is 11.1 Å². The molecule has 0 fully saturated rings. The zero-order chi connectivity index (χ0) is 18.1. The van der Waals surface area contributed by atoms with E-state index in [0.717, 1.165) is 0 Å². The van der Waals surface area contributed by atoms with Gasteiger partial charge in [-0.25, -0.2) is 9.59 Å². The first-order valence-electron chi connectivity index (χ1n) is 6.75. The predicted molar refractivity (Wildman–Crippen MR) is 89.3 cm³/mol. The molecule has 8 heteroatoms. The Morgan fingerprint density at radius 1 is 1.04 bits per heavy atom. The Morgan fingerprint density at radius 3 is 2.09 bits per heavy atom. The van der Waals surface area contributed by atoms with Crippen molar-refractivity contribution in [3.05, 3.63) is 53.6 Å². The Labute approximate surface area is 137 Å². The van der Waals surface area contributed by atoms with Crippen molar-refractivity contribution in [2.75, 3.05) is 0 Å². The van der Waals surface area contributed by atoms with E-state index in [4.69, 9.17) is 11.5 Å². The van der Waals surface area contributed by atoms with Crippen LogP contribution < -0.4 is 4.74 Å². The van der Waals surface area contributed by atoms with Gasteiger partial charge in [-0.1, -0.05) is 12.1 Å². The van der Waals surface area contributed by atoms with Gasteiger partial charge in [-0.3, -0.25) is 4.79 Å². The fraction of sp³-hybridized carbons (Fsp3) is 0. The molecule has 1 unspecified atom stereocenters. The number of aromatic carboxylic acids is 2. The molecule has 0 saturated carbocycles. The minimum absolute atomic E-state index is 0.0355. The second-order valence-corrected chi connectivity index (χ2v) is 4.15. The molecule has 2 N–H and O–H groups in total. The minimum atomic E-state index is -1.16. The zero-order valence-corrected chi connectivity index (χ0v) is 13.0. The lowest BCUT2D eigenvalue weighted by Gasteiger charge is -2.07. The largest absolute Gasteiger partial charge is 0.478 e. The van der Waals surface area contributed by atoms with Crippen molar-refractivity contribution in [2.24, 2.45) is 0 Å². The van der Waals surface area contributed by atoms with E-state index in [9.17, 15) is 14.4 Å². The molecule has 1 radical (unpaired) electrons. The first-order chi connectivity index (χ1) is 11.4. The second kappa shape index (κ2) is 8.71. The van der Waals surface area contributed by atoms with E-state index in [2.05, 4.69) is 13.9 Å². The van der Waals surface area contributed by atoms with E-state index < -0.39 is 11.9 Å². The molecule has 0 aliphatic rings. The summed E-state index contributed by atoms with van der Waals surface area (Å²) < 4.78 is 10.7. The zero-order valence-electron chi connectivity index (χ0n) is 12.8. The molecule has 0 aromatic heterocycles. The molecule has 2 aromatic carbocycles. The smallest absolute Gasteiger partial charge is 0.335 e. The summed E-state index contributed by atoms with van der Waals surface area (Å²) in [5.74, 6) is -2.11. The monoisotopic (exact) mass is 333 g/mol. The summed E-state index contributed by atoms with van der Waals surface area (Å²) in [7, 11) is 3.29. The molecule has 117 valence electrons. The van der Waals surface area contributed by atoms with E-state index in [1.165, 1.54) is 37.9 Å². The third-order valence-corrected chi connectivity index (χ3v) is 2.80. The van der Waals surface area contributed by atoms with Crippen LogP contribution >= 0.6 is 9.12 Å². The van der Waals surface area contributed by atoms with Gasteiger partial charge in [0.15, 0.2) is 0 Å². The van der Waals surface area contributed by atoms with Crippen LogP contribution in [-0.4, -0.2) is 37.5 Å². The summed E-state index contributed by atoms with van der Waals surface area (Å²) in [6.45, 7) is 0.207. The molecule has 2 aromatic rings. The summed E-state index contributed by atoms with van der Waals surface area (Å²) in [6.07, 6.45) is 0. The van der Waals surface area contributed by atoms with Crippen LogP contribution in [0.2, 0.25) is 0 Å². The summed E-state index contributed by atoms with van der Waals surface area (Å²) in [6, 6.07) is 10.1. The van der Waals surface area contributed by atoms with Gasteiger partial charge in [0, 0.05) is 0 Å². The maximum atomic E-state index is 11.1. The lowest BCUT2D eigenvalue weighted by atomic mass is 10.0. The van der Waals surface area contributed by atoms with Gasteiger partial charge in [0.05, 0.1) is 11.1 Å². The van der Waals surface area contributed by atoms with Crippen molar-refractivity contribution in [3.63, 3.8) is 0 Å².